The lowest BCUT2D eigenvalue weighted by Gasteiger charge is -2.18. The van der Waals surface area contributed by atoms with E-state index in [0.717, 1.165) is 6.07 Å². The van der Waals surface area contributed by atoms with Gasteiger partial charge >= 0.3 is 6.18 Å². The van der Waals surface area contributed by atoms with Gasteiger partial charge in [0, 0.05) is 5.02 Å². The summed E-state index contributed by atoms with van der Waals surface area (Å²) >= 11 is 5.70. The predicted octanol–water partition coefficient (Wildman–Crippen LogP) is 5.12. The molecule has 0 heterocycles. The molecule has 0 aliphatic rings. The lowest BCUT2D eigenvalue weighted by Crippen LogP contribution is -2.08. The van der Waals surface area contributed by atoms with Gasteiger partial charge in [-0.1, -0.05) is 32.4 Å². The molecule has 1 aromatic rings. The van der Waals surface area contributed by atoms with Crippen molar-refractivity contribution in [1.82, 2.24) is 0 Å². The summed E-state index contributed by atoms with van der Waals surface area (Å²) in [5.74, 6) is 0.333. The van der Waals surface area contributed by atoms with E-state index < -0.39 is 11.7 Å². The number of benzene rings is 1. The van der Waals surface area contributed by atoms with E-state index in [1.807, 2.05) is 20.8 Å². The number of hydrogen-bond donors (Lipinski definition) is 0. The van der Waals surface area contributed by atoms with Crippen LogP contribution in [0, 0.1) is 5.92 Å². The summed E-state index contributed by atoms with van der Waals surface area (Å²) < 4.78 is 37.7. The number of rotatable bonds is 2. The van der Waals surface area contributed by atoms with E-state index in [1.54, 1.807) is 6.07 Å². The minimum Gasteiger partial charge on any atom is -0.166 e. The number of hydrogen-bond acceptors (Lipinski definition) is 0. The van der Waals surface area contributed by atoms with E-state index in [9.17, 15) is 13.2 Å². The van der Waals surface area contributed by atoms with Gasteiger partial charge in [0.15, 0.2) is 0 Å². The van der Waals surface area contributed by atoms with Gasteiger partial charge in [-0.05, 0) is 35.6 Å². The fraction of sp³-hybridized carbons (Fsp3) is 0.500. The van der Waals surface area contributed by atoms with Crippen molar-refractivity contribution >= 4 is 11.6 Å². The molecule has 0 N–H and O–H groups in total. The van der Waals surface area contributed by atoms with Crippen LogP contribution in [0.3, 0.4) is 0 Å². The molecular formula is C12H14ClF3. The van der Waals surface area contributed by atoms with Crippen LogP contribution in [-0.4, -0.2) is 0 Å². The third-order valence-corrected chi connectivity index (χ3v) is 2.99. The Hall–Kier alpha value is -0.700. The van der Waals surface area contributed by atoms with Gasteiger partial charge in [-0.25, -0.2) is 0 Å². The molecule has 1 atom stereocenters. The average Bonchev–Trinajstić information content (AvgIpc) is 2.14. The highest BCUT2D eigenvalue weighted by Gasteiger charge is 2.31. The first-order valence-electron chi connectivity index (χ1n) is 5.09. The highest BCUT2D eigenvalue weighted by molar-refractivity contribution is 6.30. The molecule has 1 aromatic carbocycles. The summed E-state index contributed by atoms with van der Waals surface area (Å²) in [4.78, 5) is 0. The third kappa shape index (κ3) is 3.14. The van der Waals surface area contributed by atoms with Gasteiger partial charge in [-0.2, -0.15) is 13.2 Å². The van der Waals surface area contributed by atoms with E-state index in [2.05, 4.69) is 0 Å². The molecule has 0 aliphatic heterocycles. The van der Waals surface area contributed by atoms with E-state index in [1.165, 1.54) is 6.07 Å². The fourth-order valence-corrected chi connectivity index (χ4v) is 1.67. The quantitative estimate of drug-likeness (QED) is 0.684. The largest absolute Gasteiger partial charge is 0.416 e. The Morgan fingerprint density at radius 2 is 1.62 bits per heavy atom. The lowest BCUT2D eigenvalue weighted by molar-refractivity contribution is -0.137. The first-order chi connectivity index (χ1) is 7.21. The minimum atomic E-state index is -4.34. The highest BCUT2D eigenvalue weighted by Crippen LogP contribution is 2.35. The summed E-state index contributed by atoms with van der Waals surface area (Å²) in [5.41, 5.74) is -0.0441. The number of alkyl halides is 3. The smallest absolute Gasteiger partial charge is 0.166 e. The molecule has 0 saturated carbocycles. The van der Waals surface area contributed by atoms with Gasteiger partial charge in [0.25, 0.3) is 0 Å². The molecule has 0 fully saturated rings. The van der Waals surface area contributed by atoms with Crippen molar-refractivity contribution in [3.8, 4) is 0 Å². The molecule has 0 unspecified atom stereocenters. The van der Waals surface area contributed by atoms with Crippen LogP contribution in [0.25, 0.3) is 0 Å². The van der Waals surface area contributed by atoms with Crippen molar-refractivity contribution in [1.29, 1.82) is 0 Å². The zero-order valence-corrected chi connectivity index (χ0v) is 10.2. The topological polar surface area (TPSA) is 0 Å². The zero-order valence-electron chi connectivity index (χ0n) is 9.40. The molecule has 0 saturated heterocycles. The second-order valence-electron chi connectivity index (χ2n) is 4.30. The maximum atomic E-state index is 12.6. The molecule has 90 valence electrons. The average molecular weight is 251 g/mol. The van der Waals surface area contributed by atoms with Gasteiger partial charge in [0.2, 0.25) is 0 Å². The van der Waals surface area contributed by atoms with Crippen molar-refractivity contribution in [2.75, 3.05) is 0 Å². The van der Waals surface area contributed by atoms with Gasteiger partial charge in [0.05, 0.1) is 5.56 Å². The van der Waals surface area contributed by atoms with Crippen LogP contribution < -0.4 is 0 Å². The molecule has 0 aromatic heterocycles. The summed E-state index contributed by atoms with van der Waals surface area (Å²) in [5, 5.41) is 0.136. The van der Waals surface area contributed by atoms with Gasteiger partial charge in [-0.3, -0.25) is 0 Å². The molecule has 0 spiro atoms. The summed E-state index contributed by atoms with van der Waals surface area (Å²) in [6.07, 6.45) is -4.34. The van der Waals surface area contributed by atoms with Gasteiger partial charge in [0.1, 0.15) is 0 Å². The molecule has 0 radical (unpaired) electrons. The molecule has 4 heteroatoms. The van der Waals surface area contributed by atoms with Crippen LogP contribution in [0.15, 0.2) is 18.2 Å². The van der Waals surface area contributed by atoms with E-state index in [4.69, 9.17) is 11.6 Å². The molecule has 0 nitrogen and oxygen atoms in total. The van der Waals surface area contributed by atoms with E-state index in [0.29, 0.717) is 5.56 Å². The van der Waals surface area contributed by atoms with Crippen LogP contribution in [0.2, 0.25) is 5.02 Å². The third-order valence-electron chi connectivity index (χ3n) is 2.77. The summed E-state index contributed by atoms with van der Waals surface area (Å²) in [6, 6.07) is 3.73. The SMILES string of the molecule is CC(C)[C@H](C)c1cc(Cl)cc(C(F)(F)F)c1. The molecule has 0 bridgehead atoms. The lowest BCUT2D eigenvalue weighted by atomic mass is 9.89. The molecular weight excluding hydrogens is 237 g/mol. The maximum absolute atomic E-state index is 12.6. The second-order valence-corrected chi connectivity index (χ2v) is 4.74. The first kappa shape index (κ1) is 13.4. The van der Waals surface area contributed by atoms with Crippen LogP contribution >= 0.6 is 11.6 Å². The summed E-state index contributed by atoms with van der Waals surface area (Å²) in [7, 11) is 0. The van der Waals surface area contributed by atoms with Crippen LogP contribution in [0.1, 0.15) is 37.8 Å². The Kier molecular flexibility index (Phi) is 3.89. The molecule has 0 aliphatic carbocycles. The highest BCUT2D eigenvalue weighted by atomic mass is 35.5. The van der Waals surface area contributed by atoms with Crippen LogP contribution in [-0.2, 0) is 6.18 Å². The Balaban J connectivity index is 3.18. The van der Waals surface area contributed by atoms with E-state index in [-0.39, 0.29) is 16.9 Å². The molecule has 0 amide bonds. The Bertz CT molecular complexity index is 369. The Morgan fingerprint density at radius 3 is 2.06 bits per heavy atom. The number of halogens is 4. The van der Waals surface area contributed by atoms with Crippen LogP contribution in [0.5, 0.6) is 0 Å². The maximum Gasteiger partial charge on any atom is 0.416 e. The second kappa shape index (κ2) is 4.66. The van der Waals surface area contributed by atoms with Gasteiger partial charge < -0.3 is 0 Å². The monoisotopic (exact) mass is 250 g/mol. The first-order valence-corrected chi connectivity index (χ1v) is 5.47. The van der Waals surface area contributed by atoms with Crippen molar-refractivity contribution in [3.05, 3.63) is 34.3 Å². The van der Waals surface area contributed by atoms with Crippen LogP contribution in [0.4, 0.5) is 13.2 Å². The molecule has 16 heavy (non-hydrogen) atoms. The Morgan fingerprint density at radius 1 is 1.06 bits per heavy atom. The zero-order chi connectivity index (χ0) is 12.5. The van der Waals surface area contributed by atoms with Crippen molar-refractivity contribution in [2.24, 2.45) is 5.92 Å². The Labute approximate surface area is 98.4 Å². The minimum absolute atomic E-state index is 0.0554. The van der Waals surface area contributed by atoms with E-state index >= 15 is 0 Å². The van der Waals surface area contributed by atoms with Crippen molar-refractivity contribution in [2.45, 2.75) is 32.9 Å². The van der Waals surface area contributed by atoms with Crippen molar-refractivity contribution < 1.29 is 13.2 Å². The standard InChI is InChI=1S/C12H14ClF3/c1-7(2)8(3)9-4-10(12(14,15)16)6-11(13)5-9/h4-8H,1-3H3/t8-/m0/s1. The normalized spacial score (nSPS) is 14.2. The predicted molar refractivity (Wildman–Crippen MR) is 59.7 cm³/mol. The van der Waals surface area contributed by atoms with Gasteiger partial charge in [-0.15, -0.1) is 0 Å². The summed E-state index contributed by atoms with van der Waals surface area (Å²) in [6.45, 7) is 5.84. The van der Waals surface area contributed by atoms with Crippen molar-refractivity contribution in [3.63, 3.8) is 0 Å². The molecule has 1 rings (SSSR count). The fourth-order valence-electron chi connectivity index (χ4n) is 1.42.